The average Bonchev–Trinajstić information content (AvgIpc) is 2.79. The van der Waals surface area contributed by atoms with Gasteiger partial charge in [0.05, 0.1) is 18.6 Å². The highest BCUT2D eigenvalue weighted by Gasteiger charge is 2.17. The third-order valence-corrected chi connectivity index (χ3v) is 4.75. The molecular formula is C23H24O4. The summed E-state index contributed by atoms with van der Waals surface area (Å²) in [4.78, 5) is 10.6. The van der Waals surface area contributed by atoms with Gasteiger partial charge in [-0.1, -0.05) is 66.8 Å². The van der Waals surface area contributed by atoms with E-state index in [1.165, 1.54) is 16.7 Å². The van der Waals surface area contributed by atoms with Crippen LogP contribution >= 0.6 is 0 Å². The van der Waals surface area contributed by atoms with Gasteiger partial charge in [0, 0.05) is 6.42 Å². The molecule has 2 aliphatic rings. The van der Waals surface area contributed by atoms with E-state index in [0.29, 0.717) is 0 Å². The Morgan fingerprint density at radius 2 is 1.89 bits per heavy atom. The highest BCUT2D eigenvalue weighted by Crippen LogP contribution is 2.37. The van der Waals surface area contributed by atoms with Crippen molar-refractivity contribution in [3.8, 4) is 0 Å². The topological polar surface area (TPSA) is 77.8 Å². The number of carboxylic acid groups (broad SMARTS) is 1. The smallest absolute Gasteiger partial charge is 0.305 e. The number of carboxylic acids is 1. The van der Waals surface area contributed by atoms with Gasteiger partial charge in [-0.3, -0.25) is 4.79 Å². The van der Waals surface area contributed by atoms with Crippen LogP contribution in [-0.2, 0) is 4.79 Å². The number of hydrogen-bond donors (Lipinski definition) is 3. The van der Waals surface area contributed by atoms with Crippen molar-refractivity contribution in [3.63, 3.8) is 0 Å². The first-order valence-corrected chi connectivity index (χ1v) is 9.18. The van der Waals surface area contributed by atoms with E-state index in [-0.39, 0.29) is 12.8 Å². The summed E-state index contributed by atoms with van der Waals surface area (Å²) in [5.74, 6) is -1.08. The molecule has 0 saturated heterocycles. The fourth-order valence-corrected chi connectivity index (χ4v) is 3.47. The maximum absolute atomic E-state index is 10.6. The highest BCUT2D eigenvalue weighted by molar-refractivity contribution is 5.90. The van der Waals surface area contributed by atoms with E-state index in [0.717, 1.165) is 24.0 Å². The number of hydrogen-bond acceptors (Lipinski definition) is 3. The summed E-state index contributed by atoms with van der Waals surface area (Å²) >= 11 is 0. The van der Waals surface area contributed by atoms with Gasteiger partial charge in [-0.25, -0.2) is 0 Å². The Bertz CT molecular complexity index is 855. The average molecular weight is 364 g/mol. The van der Waals surface area contributed by atoms with E-state index in [2.05, 4.69) is 36.4 Å². The number of aliphatic hydroxyl groups is 2. The van der Waals surface area contributed by atoms with Gasteiger partial charge in [-0.05, 0) is 40.7 Å². The Balaban J connectivity index is 1.79. The first-order chi connectivity index (χ1) is 13.0. The molecule has 0 spiro atoms. The first-order valence-electron chi connectivity index (χ1n) is 9.18. The van der Waals surface area contributed by atoms with Crippen LogP contribution < -0.4 is 0 Å². The molecule has 2 aliphatic carbocycles. The molecule has 0 aromatic heterocycles. The highest BCUT2D eigenvalue weighted by atomic mass is 16.4. The lowest BCUT2D eigenvalue weighted by molar-refractivity contribution is -0.139. The Labute approximate surface area is 159 Å². The maximum Gasteiger partial charge on any atom is 0.305 e. The van der Waals surface area contributed by atoms with Crippen molar-refractivity contribution in [2.75, 3.05) is 0 Å². The maximum atomic E-state index is 10.6. The van der Waals surface area contributed by atoms with Crippen LogP contribution in [0.1, 0.15) is 36.8 Å². The third-order valence-electron chi connectivity index (χ3n) is 4.75. The van der Waals surface area contributed by atoms with Crippen molar-refractivity contribution in [1.82, 2.24) is 0 Å². The van der Waals surface area contributed by atoms with E-state index < -0.39 is 18.2 Å². The van der Waals surface area contributed by atoms with E-state index in [1.807, 2.05) is 18.2 Å². The molecule has 2 atom stereocenters. The molecule has 0 radical (unpaired) electrons. The third kappa shape index (κ3) is 4.94. The molecule has 4 heteroatoms. The van der Waals surface area contributed by atoms with Gasteiger partial charge < -0.3 is 15.3 Å². The van der Waals surface area contributed by atoms with Crippen molar-refractivity contribution in [2.24, 2.45) is 0 Å². The molecule has 0 aliphatic heterocycles. The van der Waals surface area contributed by atoms with E-state index in [9.17, 15) is 15.0 Å². The molecular weight excluding hydrogens is 340 g/mol. The Hall–Kier alpha value is -2.69. The summed E-state index contributed by atoms with van der Waals surface area (Å²) in [6.07, 6.45) is 13.6. The van der Waals surface area contributed by atoms with Crippen LogP contribution in [0.3, 0.4) is 0 Å². The number of fused-ring (bicyclic) bond motifs is 2. The summed E-state index contributed by atoms with van der Waals surface area (Å²) in [5.41, 5.74) is 6.02. The monoisotopic (exact) mass is 364 g/mol. The van der Waals surface area contributed by atoms with Crippen LogP contribution in [0, 0.1) is 0 Å². The second kappa shape index (κ2) is 8.80. The predicted octanol–water partition coefficient (Wildman–Crippen LogP) is 3.89. The zero-order valence-electron chi connectivity index (χ0n) is 15.1. The van der Waals surface area contributed by atoms with Crippen LogP contribution in [0.2, 0.25) is 0 Å². The summed E-state index contributed by atoms with van der Waals surface area (Å²) in [6.45, 7) is 0. The fourth-order valence-electron chi connectivity index (χ4n) is 3.47. The molecule has 1 unspecified atom stereocenters. The Morgan fingerprint density at radius 1 is 1.11 bits per heavy atom. The minimum atomic E-state index is -1.08. The van der Waals surface area contributed by atoms with Crippen LogP contribution in [0.15, 0.2) is 72.4 Å². The van der Waals surface area contributed by atoms with Gasteiger partial charge >= 0.3 is 5.97 Å². The number of benzene rings is 1. The van der Waals surface area contributed by atoms with Crippen LogP contribution in [0.25, 0.3) is 11.1 Å². The number of rotatable bonds is 6. The summed E-state index contributed by atoms with van der Waals surface area (Å²) in [6, 6.07) is 8.31. The number of aliphatic carboxylic acids is 1. The van der Waals surface area contributed by atoms with Gasteiger partial charge in [-0.2, -0.15) is 0 Å². The molecule has 0 heterocycles. The Kier molecular flexibility index (Phi) is 6.22. The molecule has 1 aromatic carbocycles. The molecule has 140 valence electrons. The fraction of sp³-hybridized carbons (Fsp3) is 0.261. The zero-order chi connectivity index (χ0) is 19.2. The molecule has 1 aromatic rings. The molecule has 4 nitrogen and oxygen atoms in total. The van der Waals surface area contributed by atoms with Crippen molar-refractivity contribution in [1.29, 1.82) is 0 Å². The lowest BCUT2D eigenvalue weighted by Crippen LogP contribution is -2.19. The van der Waals surface area contributed by atoms with Crippen molar-refractivity contribution in [2.45, 2.75) is 37.9 Å². The van der Waals surface area contributed by atoms with Crippen molar-refractivity contribution in [3.05, 3.63) is 83.5 Å². The van der Waals surface area contributed by atoms with E-state index in [1.54, 1.807) is 12.2 Å². The largest absolute Gasteiger partial charge is 0.481 e. The van der Waals surface area contributed by atoms with Gasteiger partial charge in [-0.15, -0.1) is 0 Å². The molecule has 0 amide bonds. The summed E-state index contributed by atoms with van der Waals surface area (Å²) in [7, 11) is 0. The summed E-state index contributed by atoms with van der Waals surface area (Å²) in [5, 5.41) is 28.3. The lowest BCUT2D eigenvalue weighted by Gasteiger charge is -2.15. The normalized spacial score (nSPS) is 19.7. The van der Waals surface area contributed by atoms with E-state index >= 15 is 0 Å². The van der Waals surface area contributed by atoms with Crippen LogP contribution in [0.4, 0.5) is 0 Å². The second-order valence-corrected chi connectivity index (χ2v) is 6.82. The van der Waals surface area contributed by atoms with E-state index in [4.69, 9.17) is 5.11 Å². The van der Waals surface area contributed by atoms with Crippen LogP contribution in [-0.4, -0.2) is 33.5 Å². The molecule has 3 rings (SSSR count). The van der Waals surface area contributed by atoms with Gasteiger partial charge in [0.25, 0.3) is 0 Å². The molecule has 0 fully saturated rings. The van der Waals surface area contributed by atoms with Crippen molar-refractivity contribution < 1.29 is 20.1 Å². The summed E-state index contributed by atoms with van der Waals surface area (Å²) < 4.78 is 0. The Morgan fingerprint density at radius 3 is 2.67 bits per heavy atom. The standard InChI is InChI=1S/C23H24O4/c24-18(14-19(25)15-23(26)27)8-5-7-17-13-12-16-6-1-2-9-20(16)22-11-4-3-10-21(17)22/h1,3-8,10-13,18-19,24-25H,2,9,14-15H2,(H,26,27)/t18?,19-/m1/s1. The predicted molar refractivity (Wildman–Crippen MR) is 107 cm³/mol. The number of allylic oxidation sites excluding steroid dienone is 9. The number of aliphatic hydroxyl groups excluding tert-OH is 2. The quantitative estimate of drug-likeness (QED) is 0.716. The second-order valence-electron chi connectivity index (χ2n) is 6.82. The van der Waals surface area contributed by atoms with Gasteiger partial charge in [0.15, 0.2) is 0 Å². The number of carbonyl (C=O) groups is 1. The lowest BCUT2D eigenvalue weighted by atomic mass is 9.89. The molecule has 27 heavy (non-hydrogen) atoms. The van der Waals surface area contributed by atoms with Gasteiger partial charge in [0.1, 0.15) is 0 Å². The minimum absolute atomic E-state index is 0.000946. The van der Waals surface area contributed by atoms with Crippen LogP contribution in [0.5, 0.6) is 0 Å². The first kappa shape index (κ1) is 19.1. The molecule has 0 saturated carbocycles. The molecule has 0 bridgehead atoms. The van der Waals surface area contributed by atoms with Gasteiger partial charge in [0.2, 0.25) is 0 Å². The van der Waals surface area contributed by atoms with Crippen molar-refractivity contribution >= 4 is 17.1 Å². The molecule has 3 N–H and O–H groups in total. The SMILES string of the molecule is O=C(O)C[C@H](O)CC(O)C=CC=C1C=CC2=C(CCC=C2)c2ccccc21. The zero-order valence-corrected chi connectivity index (χ0v) is 15.1. The minimum Gasteiger partial charge on any atom is -0.481 e.